The van der Waals surface area contributed by atoms with Crippen molar-refractivity contribution in [2.24, 2.45) is 0 Å². The number of aliphatic hydroxyl groups excluding tert-OH is 1. The number of fused-ring (bicyclic) bond motifs is 2. The van der Waals surface area contributed by atoms with Crippen LogP contribution in [0.4, 0.5) is 0 Å². The molecule has 0 fully saturated rings. The fourth-order valence-corrected chi connectivity index (χ4v) is 3.87. The molecule has 0 saturated heterocycles. The summed E-state index contributed by atoms with van der Waals surface area (Å²) in [6.07, 6.45) is 1.65. The van der Waals surface area contributed by atoms with Crippen molar-refractivity contribution in [1.82, 2.24) is 0 Å². The van der Waals surface area contributed by atoms with Crippen LogP contribution in [0.3, 0.4) is 0 Å². The van der Waals surface area contributed by atoms with E-state index in [1.54, 1.807) is 48.5 Å². The molecule has 126 valence electrons. The van der Waals surface area contributed by atoms with Crippen molar-refractivity contribution in [2.75, 3.05) is 0 Å². The van der Waals surface area contributed by atoms with E-state index in [-0.39, 0.29) is 23.0 Å². The van der Waals surface area contributed by atoms with Crippen LogP contribution in [0.15, 0.2) is 42.5 Å². The lowest BCUT2D eigenvalue weighted by Gasteiger charge is -2.33. The third-order valence-electron chi connectivity index (χ3n) is 5.00. The molecule has 4 nitrogen and oxygen atoms in total. The van der Waals surface area contributed by atoms with Gasteiger partial charge >= 0.3 is 0 Å². The molecule has 0 spiro atoms. The Bertz CT molecular complexity index is 1060. The van der Waals surface area contributed by atoms with Crippen molar-refractivity contribution >= 4 is 22.6 Å². The molecule has 1 aliphatic rings. The number of hydrogen-bond donors (Lipinski definition) is 4. The van der Waals surface area contributed by atoms with Crippen LogP contribution in [0.5, 0.6) is 17.2 Å². The molecule has 0 amide bonds. The zero-order valence-electron chi connectivity index (χ0n) is 13.9. The smallest absolute Gasteiger partial charge is 0.124 e. The molecule has 0 atom stereocenters. The molecule has 0 bridgehead atoms. The maximum atomic E-state index is 10.6. The Morgan fingerprint density at radius 2 is 1.44 bits per heavy atom. The van der Waals surface area contributed by atoms with Gasteiger partial charge in [-0.15, -0.1) is 0 Å². The minimum absolute atomic E-state index is 0.0681. The average molecular weight is 334 g/mol. The van der Waals surface area contributed by atoms with Gasteiger partial charge in [0.1, 0.15) is 23.0 Å². The molecule has 4 heteroatoms. The second-order valence-electron chi connectivity index (χ2n) is 6.94. The number of hydrogen-bond acceptors (Lipinski definition) is 4. The van der Waals surface area contributed by atoms with E-state index < -0.39 is 5.41 Å². The first-order valence-electron chi connectivity index (χ1n) is 8.03. The topological polar surface area (TPSA) is 80.9 Å². The summed E-state index contributed by atoms with van der Waals surface area (Å²) in [7, 11) is 0. The minimum Gasteiger partial charge on any atom is -0.508 e. The van der Waals surface area contributed by atoms with Gasteiger partial charge in [-0.1, -0.05) is 32.0 Å². The van der Waals surface area contributed by atoms with E-state index in [1.165, 1.54) is 0 Å². The molecule has 0 radical (unpaired) electrons. The fourth-order valence-electron chi connectivity index (χ4n) is 3.87. The summed E-state index contributed by atoms with van der Waals surface area (Å²) in [4.78, 5) is 0. The predicted octanol–water partition coefficient (Wildman–Crippen LogP) is 4.65. The standard InChI is InChI=1S/C21H18O4/c1-21(2,20-16(24)8-4-12-10-17(25)18(12)20)19-14-6-5-13(22)9-11(14)3-7-15(19)23/h3-10,22-25H,1-2H3. The molecule has 0 saturated carbocycles. The second kappa shape index (κ2) is 4.93. The molecule has 3 aromatic rings. The molecule has 0 aliphatic heterocycles. The van der Waals surface area contributed by atoms with Gasteiger partial charge in [-0.25, -0.2) is 0 Å². The van der Waals surface area contributed by atoms with E-state index in [0.29, 0.717) is 16.7 Å². The van der Waals surface area contributed by atoms with Gasteiger partial charge < -0.3 is 20.4 Å². The van der Waals surface area contributed by atoms with Crippen molar-refractivity contribution in [3.63, 3.8) is 0 Å². The minimum atomic E-state index is -0.780. The van der Waals surface area contributed by atoms with E-state index in [4.69, 9.17) is 0 Å². The van der Waals surface area contributed by atoms with Crippen molar-refractivity contribution in [2.45, 2.75) is 19.3 Å². The maximum absolute atomic E-state index is 10.6. The van der Waals surface area contributed by atoms with Gasteiger partial charge in [0.05, 0.1) is 0 Å². The van der Waals surface area contributed by atoms with Crippen LogP contribution in [-0.2, 0) is 5.41 Å². The summed E-state index contributed by atoms with van der Waals surface area (Å²) in [5.74, 6) is 0.446. The van der Waals surface area contributed by atoms with Gasteiger partial charge in [0.2, 0.25) is 0 Å². The highest BCUT2D eigenvalue weighted by Gasteiger charge is 2.36. The monoisotopic (exact) mass is 334 g/mol. The molecule has 4 N–H and O–H groups in total. The van der Waals surface area contributed by atoms with Crippen LogP contribution in [0.1, 0.15) is 36.1 Å². The van der Waals surface area contributed by atoms with Crippen molar-refractivity contribution in [3.8, 4) is 17.2 Å². The first-order valence-corrected chi connectivity index (χ1v) is 8.03. The summed E-state index contributed by atoms with van der Waals surface area (Å²) in [5.41, 5.74) is 1.89. The SMILES string of the molecule is CC(C)(c1c(O)ccc2c1C(O)=C2)c1c(O)ccc2cc(O)ccc12. The van der Waals surface area contributed by atoms with Gasteiger partial charge in [-0.2, -0.15) is 0 Å². The lowest BCUT2D eigenvalue weighted by atomic mass is 9.71. The fraction of sp³-hybridized carbons (Fsp3) is 0.143. The summed E-state index contributed by atoms with van der Waals surface area (Å²) >= 11 is 0. The van der Waals surface area contributed by atoms with Crippen molar-refractivity contribution in [3.05, 3.63) is 64.7 Å². The van der Waals surface area contributed by atoms with Crippen LogP contribution in [0.25, 0.3) is 22.6 Å². The Morgan fingerprint density at radius 1 is 0.760 bits per heavy atom. The number of aliphatic hydroxyl groups is 1. The number of phenolic OH excluding ortho intramolecular Hbond substituents is 3. The van der Waals surface area contributed by atoms with Crippen LogP contribution >= 0.6 is 0 Å². The van der Waals surface area contributed by atoms with Crippen LogP contribution in [0.2, 0.25) is 0 Å². The van der Waals surface area contributed by atoms with Gasteiger partial charge in [-0.05, 0) is 46.7 Å². The lowest BCUT2D eigenvalue weighted by molar-refractivity contribution is 0.433. The zero-order valence-corrected chi connectivity index (χ0v) is 13.9. The molecule has 0 aromatic heterocycles. The van der Waals surface area contributed by atoms with Gasteiger partial charge in [0.15, 0.2) is 0 Å². The van der Waals surface area contributed by atoms with E-state index in [9.17, 15) is 20.4 Å². The Hall–Kier alpha value is -3.14. The number of aromatic hydroxyl groups is 3. The summed E-state index contributed by atoms with van der Waals surface area (Å²) < 4.78 is 0. The highest BCUT2D eigenvalue weighted by molar-refractivity contribution is 5.96. The molecule has 25 heavy (non-hydrogen) atoms. The highest BCUT2D eigenvalue weighted by atomic mass is 16.3. The maximum Gasteiger partial charge on any atom is 0.124 e. The Balaban J connectivity index is 2.05. The molecule has 0 unspecified atom stereocenters. The summed E-state index contributed by atoms with van der Waals surface area (Å²) in [6, 6.07) is 11.6. The number of benzene rings is 3. The molecule has 0 heterocycles. The normalized spacial score (nSPS) is 13.3. The van der Waals surface area contributed by atoms with Gasteiger partial charge in [-0.3, -0.25) is 0 Å². The Kier molecular flexibility index (Phi) is 3.03. The predicted molar refractivity (Wildman–Crippen MR) is 98.0 cm³/mol. The first kappa shape index (κ1) is 15.4. The Morgan fingerprint density at radius 3 is 2.16 bits per heavy atom. The molecule has 4 rings (SSSR count). The summed E-state index contributed by atoms with van der Waals surface area (Å²) in [5, 5.41) is 42.5. The van der Waals surface area contributed by atoms with Crippen LogP contribution in [-0.4, -0.2) is 20.4 Å². The van der Waals surface area contributed by atoms with Crippen molar-refractivity contribution < 1.29 is 20.4 Å². The third-order valence-corrected chi connectivity index (χ3v) is 5.00. The van der Waals surface area contributed by atoms with E-state index in [0.717, 1.165) is 16.3 Å². The molecular formula is C21H18O4. The largest absolute Gasteiger partial charge is 0.508 e. The number of rotatable bonds is 2. The first-order chi connectivity index (χ1) is 11.8. The van der Waals surface area contributed by atoms with E-state index in [2.05, 4.69) is 0 Å². The molecule has 1 aliphatic carbocycles. The third kappa shape index (κ3) is 2.07. The van der Waals surface area contributed by atoms with Crippen LogP contribution in [0, 0.1) is 0 Å². The molecular weight excluding hydrogens is 316 g/mol. The van der Waals surface area contributed by atoms with Gasteiger partial charge in [0.25, 0.3) is 0 Å². The lowest BCUT2D eigenvalue weighted by Crippen LogP contribution is -2.23. The van der Waals surface area contributed by atoms with E-state index >= 15 is 0 Å². The highest BCUT2D eigenvalue weighted by Crippen LogP contribution is 2.49. The zero-order chi connectivity index (χ0) is 17.9. The van der Waals surface area contributed by atoms with E-state index in [1.807, 2.05) is 13.8 Å². The van der Waals surface area contributed by atoms with Crippen LogP contribution < -0.4 is 0 Å². The second-order valence-corrected chi connectivity index (χ2v) is 6.94. The summed E-state index contributed by atoms with van der Waals surface area (Å²) in [6.45, 7) is 3.80. The number of phenols is 3. The van der Waals surface area contributed by atoms with Gasteiger partial charge in [0, 0.05) is 22.1 Å². The Labute approximate surface area is 144 Å². The van der Waals surface area contributed by atoms with Crippen molar-refractivity contribution in [1.29, 1.82) is 0 Å². The average Bonchev–Trinajstić information content (AvgIpc) is 2.55. The quantitative estimate of drug-likeness (QED) is 0.550. The molecule has 3 aromatic carbocycles.